The van der Waals surface area contributed by atoms with Crippen LogP contribution in [0, 0.1) is 3.57 Å². The van der Waals surface area contributed by atoms with Crippen molar-refractivity contribution in [1.29, 1.82) is 0 Å². The minimum absolute atomic E-state index is 0.265. The Morgan fingerprint density at radius 3 is 2.20 bits per heavy atom. The van der Waals surface area contributed by atoms with Gasteiger partial charge in [0.25, 0.3) is 5.91 Å². The van der Waals surface area contributed by atoms with E-state index in [0.29, 0.717) is 17.1 Å². The zero-order valence-electron chi connectivity index (χ0n) is 14.1. The van der Waals surface area contributed by atoms with Crippen LogP contribution in [0.2, 0.25) is 0 Å². The van der Waals surface area contributed by atoms with E-state index in [1.165, 1.54) is 11.4 Å². The SMILES string of the molecule is CC(Oc1ccc(N(C)S(C)(=O)=O)cc1)C(=O)Nc1ccc(I)cc1. The van der Waals surface area contributed by atoms with Crippen LogP contribution < -0.4 is 14.4 Å². The van der Waals surface area contributed by atoms with Crippen LogP contribution in [0.1, 0.15) is 6.92 Å². The van der Waals surface area contributed by atoms with Crippen molar-refractivity contribution in [1.82, 2.24) is 0 Å². The molecule has 8 heteroatoms. The molecule has 134 valence electrons. The monoisotopic (exact) mass is 474 g/mol. The van der Waals surface area contributed by atoms with Crippen molar-refractivity contribution in [2.75, 3.05) is 22.9 Å². The van der Waals surface area contributed by atoms with Gasteiger partial charge in [-0.25, -0.2) is 8.42 Å². The molecule has 0 aliphatic heterocycles. The fourth-order valence-corrected chi connectivity index (χ4v) is 2.83. The second kappa shape index (κ2) is 8.05. The maximum absolute atomic E-state index is 12.2. The summed E-state index contributed by atoms with van der Waals surface area (Å²) in [4.78, 5) is 12.2. The maximum atomic E-state index is 12.2. The number of ether oxygens (including phenoxy) is 1. The molecule has 0 spiro atoms. The molecule has 2 aromatic carbocycles. The van der Waals surface area contributed by atoms with Crippen LogP contribution >= 0.6 is 22.6 Å². The van der Waals surface area contributed by atoms with Crippen molar-refractivity contribution in [2.45, 2.75) is 13.0 Å². The van der Waals surface area contributed by atoms with Crippen molar-refractivity contribution < 1.29 is 17.9 Å². The van der Waals surface area contributed by atoms with E-state index in [0.717, 1.165) is 9.83 Å². The Morgan fingerprint density at radius 1 is 1.12 bits per heavy atom. The molecule has 0 radical (unpaired) electrons. The molecule has 6 nitrogen and oxygen atoms in total. The first-order valence-corrected chi connectivity index (χ1v) is 10.4. The highest BCUT2D eigenvalue weighted by molar-refractivity contribution is 14.1. The number of carbonyl (C=O) groups excluding carboxylic acids is 1. The Labute approximate surface area is 161 Å². The predicted octanol–water partition coefficient (Wildman–Crippen LogP) is 3.09. The molecule has 2 aromatic rings. The van der Waals surface area contributed by atoms with E-state index in [4.69, 9.17) is 4.74 Å². The minimum Gasteiger partial charge on any atom is -0.481 e. The number of benzene rings is 2. The highest BCUT2D eigenvalue weighted by atomic mass is 127. The third kappa shape index (κ3) is 5.60. The van der Waals surface area contributed by atoms with Crippen LogP contribution in [0.3, 0.4) is 0 Å². The van der Waals surface area contributed by atoms with Gasteiger partial charge >= 0.3 is 0 Å². The molecule has 0 aromatic heterocycles. The highest BCUT2D eigenvalue weighted by Crippen LogP contribution is 2.21. The number of hydrogen-bond acceptors (Lipinski definition) is 4. The van der Waals surface area contributed by atoms with Gasteiger partial charge in [0.15, 0.2) is 6.10 Å². The topological polar surface area (TPSA) is 75.7 Å². The second-order valence-electron chi connectivity index (χ2n) is 5.48. The van der Waals surface area contributed by atoms with Crippen molar-refractivity contribution in [2.24, 2.45) is 0 Å². The Kier molecular flexibility index (Phi) is 6.28. The van der Waals surface area contributed by atoms with Gasteiger partial charge in [-0.2, -0.15) is 0 Å². The van der Waals surface area contributed by atoms with E-state index in [9.17, 15) is 13.2 Å². The summed E-state index contributed by atoms with van der Waals surface area (Å²) in [6.45, 7) is 1.65. The summed E-state index contributed by atoms with van der Waals surface area (Å²) in [6, 6.07) is 14.0. The first kappa shape index (κ1) is 19.5. The Morgan fingerprint density at radius 2 is 1.68 bits per heavy atom. The van der Waals surface area contributed by atoms with Crippen LogP contribution in [0.15, 0.2) is 48.5 Å². The molecular formula is C17H19IN2O4S. The molecule has 0 saturated carbocycles. The van der Waals surface area contributed by atoms with Gasteiger partial charge < -0.3 is 10.1 Å². The summed E-state index contributed by atoms with van der Waals surface area (Å²) < 4.78 is 30.9. The van der Waals surface area contributed by atoms with E-state index in [1.54, 1.807) is 31.2 Å². The van der Waals surface area contributed by atoms with Gasteiger partial charge in [0, 0.05) is 16.3 Å². The number of rotatable bonds is 6. The number of amides is 1. The fraction of sp³-hybridized carbons (Fsp3) is 0.235. The number of hydrogen-bond donors (Lipinski definition) is 1. The van der Waals surface area contributed by atoms with Crippen molar-refractivity contribution in [3.05, 3.63) is 52.1 Å². The number of anilines is 2. The molecule has 0 bridgehead atoms. The minimum atomic E-state index is -3.32. The van der Waals surface area contributed by atoms with E-state index < -0.39 is 16.1 Å². The second-order valence-corrected chi connectivity index (χ2v) is 8.74. The molecule has 0 saturated heterocycles. The van der Waals surface area contributed by atoms with Crippen molar-refractivity contribution in [3.8, 4) is 5.75 Å². The van der Waals surface area contributed by atoms with Gasteiger partial charge in [-0.3, -0.25) is 9.10 Å². The summed E-state index contributed by atoms with van der Waals surface area (Å²) in [5.41, 5.74) is 1.22. The Bertz CT molecular complexity index is 836. The molecule has 2 rings (SSSR count). The highest BCUT2D eigenvalue weighted by Gasteiger charge is 2.16. The van der Waals surface area contributed by atoms with Gasteiger partial charge in [0.05, 0.1) is 11.9 Å². The van der Waals surface area contributed by atoms with Gasteiger partial charge in [0.2, 0.25) is 10.0 Å². The van der Waals surface area contributed by atoms with Gasteiger partial charge in [0.1, 0.15) is 5.75 Å². The van der Waals surface area contributed by atoms with Gasteiger partial charge in [-0.05, 0) is 78.0 Å². The fourth-order valence-electron chi connectivity index (χ4n) is 1.96. The summed E-state index contributed by atoms with van der Waals surface area (Å²) >= 11 is 2.19. The van der Waals surface area contributed by atoms with Gasteiger partial charge in [-0.1, -0.05) is 0 Å². The van der Waals surface area contributed by atoms with E-state index in [-0.39, 0.29) is 5.91 Å². The number of carbonyl (C=O) groups is 1. The Hall–Kier alpha value is -1.81. The zero-order chi connectivity index (χ0) is 18.6. The first-order valence-electron chi connectivity index (χ1n) is 7.44. The number of nitrogens with one attached hydrogen (secondary N) is 1. The van der Waals surface area contributed by atoms with E-state index in [1.807, 2.05) is 24.3 Å². The quantitative estimate of drug-likeness (QED) is 0.654. The predicted molar refractivity (Wildman–Crippen MR) is 108 cm³/mol. The van der Waals surface area contributed by atoms with Crippen LogP contribution in [-0.4, -0.2) is 33.7 Å². The summed E-state index contributed by atoms with van der Waals surface area (Å²) in [5.74, 6) is 0.217. The lowest BCUT2D eigenvalue weighted by Gasteiger charge is -2.18. The number of halogens is 1. The molecular weight excluding hydrogens is 455 g/mol. The average Bonchev–Trinajstić information content (AvgIpc) is 2.56. The zero-order valence-corrected chi connectivity index (χ0v) is 17.0. The molecule has 0 fully saturated rings. The maximum Gasteiger partial charge on any atom is 0.265 e. The molecule has 0 aliphatic rings. The van der Waals surface area contributed by atoms with Crippen molar-refractivity contribution in [3.63, 3.8) is 0 Å². The van der Waals surface area contributed by atoms with Crippen LogP contribution in [0.25, 0.3) is 0 Å². The van der Waals surface area contributed by atoms with Crippen LogP contribution in [0.5, 0.6) is 5.75 Å². The van der Waals surface area contributed by atoms with Crippen molar-refractivity contribution >= 4 is 49.9 Å². The summed E-state index contributed by atoms with van der Waals surface area (Å²) in [6.07, 6.45) is 0.437. The lowest BCUT2D eigenvalue weighted by Crippen LogP contribution is -2.30. The molecule has 0 heterocycles. The molecule has 1 unspecified atom stereocenters. The third-order valence-corrected chi connectivity index (χ3v) is 5.42. The third-order valence-electron chi connectivity index (χ3n) is 3.49. The lowest BCUT2D eigenvalue weighted by atomic mass is 10.3. The summed E-state index contributed by atoms with van der Waals surface area (Å²) in [5, 5.41) is 2.78. The van der Waals surface area contributed by atoms with E-state index in [2.05, 4.69) is 27.9 Å². The largest absolute Gasteiger partial charge is 0.481 e. The van der Waals surface area contributed by atoms with Crippen LogP contribution in [-0.2, 0) is 14.8 Å². The molecule has 0 aliphatic carbocycles. The lowest BCUT2D eigenvalue weighted by molar-refractivity contribution is -0.122. The van der Waals surface area contributed by atoms with E-state index >= 15 is 0 Å². The first-order chi connectivity index (χ1) is 11.7. The van der Waals surface area contributed by atoms with Gasteiger partial charge in [-0.15, -0.1) is 0 Å². The molecule has 25 heavy (non-hydrogen) atoms. The summed E-state index contributed by atoms with van der Waals surface area (Å²) in [7, 11) is -1.84. The standard InChI is InChI=1S/C17H19IN2O4S/c1-12(17(21)19-14-6-4-13(18)5-7-14)24-16-10-8-15(9-11-16)20(2)25(3,22)23/h4-12H,1-3H3,(H,19,21). The molecule has 1 N–H and O–H groups in total. The number of sulfonamides is 1. The normalized spacial score (nSPS) is 12.3. The number of nitrogens with zero attached hydrogens (tertiary/aromatic N) is 1. The molecule has 1 atom stereocenters. The Balaban J connectivity index is 1.99. The molecule has 1 amide bonds. The smallest absolute Gasteiger partial charge is 0.265 e. The van der Waals surface area contributed by atoms with Crippen LogP contribution in [0.4, 0.5) is 11.4 Å². The average molecular weight is 474 g/mol.